The van der Waals surface area contributed by atoms with Crippen molar-refractivity contribution in [1.29, 1.82) is 0 Å². The highest BCUT2D eigenvalue weighted by atomic mass is 28.3. The number of nitrogens with zero attached hydrogens (tertiary/aromatic N) is 1. The minimum absolute atomic E-state index is 0.982. The predicted molar refractivity (Wildman–Crippen MR) is 73.2 cm³/mol. The number of aryl methyl sites for hydroxylation is 2. The predicted octanol–water partition coefficient (Wildman–Crippen LogP) is 3.44. The van der Waals surface area contributed by atoms with Gasteiger partial charge in [0.2, 0.25) is 0 Å². The van der Waals surface area contributed by atoms with Gasteiger partial charge in [0.15, 0.2) is 0 Å². The quantitative estimate of drug-likeness (QED) is 0.561. The molecule has 0 N–H and O–H groups in total. The van der Waals surface area contributed by atoms with Crippen LogP contribution in [0, 0.1) is 11.5 Å². The maximum Gasteiger partial charge on any atom is 0.129 e. The second-order valence-corrected chi connectivity index (χ2v) is 9.80. The molecule has 0 aromatic carbocycles. The summed E-state index contributed by atoms with van der Waals surface area (Å²) in [5, 5.41) is 0. The average Bonchev–Trinajstić information content (AvgIpc) is 2.25. The summed E-state index contributed by atoms with van der Waals surface area (Å²) in [5.41, 5.74) is 6.84. The van der Waals surface area contributed by atoms with E-state index < -0.39 is 8.07 Å². The highest BCUT2D eigenvalue weighted by Gasteiger charge is 2.07. The lowest BCUT2D eigenvalue weighted by Crippen LogP contribution is -2.16. The molecular weight excluding hydrogens is 210 g/mol. The fourth-order valence-corrected chi connectivity index (χ4v) is 1.86. The van der Waals surface area contributed by atoms with E-state index in [1.807, 2.05) is 0 Å². The van der Waals surface area contributed by atoms with Gasteiger partial charge in [0, 0.05) is 17.0 Å². The van der Waals surface area contributed by atoms with Crippen LogP contribution in [0.4, 0.5) is 0 Å². The molecule has 86 valence electrons. The molecule has 0 atom stereocenters. The van der Waals surface area contributed by atoms with Crippen molar-refractivity contribution in [2.24, 2.45) is 0 Å². The molecule has 1 aromatic rings. The van der Waals surface area contributed by atoms with Gasteiger partial charge in [-0.3, -0.25) is 4.98 Å². The van der Waals surface area contributed by atoms with E-state index in [1.54, 1.807) is 0 Å². The third-order valence-corrected chi connectivity index (χ3v) is 3.11. The molecule has 2 heteroatoms. The Kier molecular flexibility index (Phi) is 4.32. The molecule has 0 amide bonds. The van der Waals surface area contributed by atoms with Crippen LogP contribution in [0.1, 0.15) is 30.8 Å². The monoisotopic (exact) mass is 231 g/mol. The summed E-state index contributed by atoms with van der Waals surface area (Å²) in [6, 6.07) is 4.23. The minimum Gasteiger partial charge on any atom is -0.258 e. The summed E-state index contributed by atoms with van der Waals surface area (Å²) in [5.74, 6) is 3.31. The zero-order valence-corrected chi connectivity index (χ0v) is 12.0. The standard InChI is InChI=1S/C14H21NSi/c1-6-13-10-12(8-9-16(3,4)5)11-14(7-2)15-13/h10-11H,6-7H2,1-5H3. The van der Waals surface area contributed by atoms with E-state index in [-0.39, 0.29) is 0 Å². The smallest absolute Gasteiger partial charge is 0.129 e. The van der Waals surface area contributed by atoms with Crippen molar-refractivity contribution in [3.63, 3.8) is 0 Å². The Labute approximate surface area is 100 Å². The molecule has 0 aliphatic heterocycles. The second-order valence-electron chi connectivity index (χ2n) is 5.05. The van der Waals surface area contributed by atoms with Crippen LogP contribution in [0.15, 0.2) is 12.1 Å². The summed E-state index contributed by atoms with van der Waals surface area (Å²) >= 11 is 0. The maximum absolute atomic E-state index is 4.56. The van der Waals surface area contributed by atoms with E-state index in [0.717, 1.165) is 29.8 Å². The van der Waals surface area contributed by atoms with Gasteiger partial charge in [-0.05, 0) is 25.0 Å². The summed E-state index contributed by atoms with van der Waals surface area (Å²) in [6.45, 7) is 11.1. The third-order valence-electron chi connectivity index (χ3n) is 2.24. The van der Waals surface area contributed by atoms with Gasteiger partial charge in [-0.15, -0.1) is 5.54 Å². The van der Waals surface area contributed by atoms with Crippen molar-refractivity contribution in [2.45, 2.75) is 46.3 Å². The molecule has 0 spiro atoms. The lowest BCUT2D eigenvalue weighted by molar-refractivity contribution is 0.952. The van der Waals surface area contributed by atoms with E-state index in [2.05, 4.69) is 62.1 Å². The van der Waals surface area contributed by atoms with Crippen LogP contribution in [0.2, 0.25) is 19.6 Å². The fraction of sp³-hybridized carbons (Fsp3) is 0.500. The highest BCUT2D eigenvalue weighted by molar-refractivity contribution is 6.83. The van der Waals surface area contributed by atoms with Gasteiger partial charge in [0.05, 0.1) is 0 Å². The fourth-order valence-electron chi connectivity index (χ4n) is 1.34. The number of hydrogen-bond donors (Lipinski definition) is 0. The Morgan fingerprint density at radius 2 is 1.56 bits per heavy atom. The van der Waals surface area contributed by atoms with Crippen molar-refractivity contribution in [2.75, 3.05) is 0 Å². The van der Waals surface area contributed by atoms with E-state index >= 15 is 0 Å². The van der Waals surface area contributed by atoms with Gasteiger partial charge >= 0.3 is 0 Å². The first kappa shape index (κ1) is 13.0. The molecule has 1 nitrogen and oxygen atoms in total. The largest absolute Gasteiger partial charge is 0.258 e. The van der Waals surface area contributed by atoms with Gasteiger partial charge in [-0.2, -0.15) is 0 Å². The van der Waals surface area contributed by atoms with E-state index in [1.165, 1.54) is 0 Å². The van der Waals surface area contributed by atoms with Gasteiger partial charge in [-0.1, -0.05) is 39.4 Å². The zero-order chi connectivity index (χ0) is 12.2. The van der Waals surface area contributed by atoms with Crippen molar-refractivity contribution in [3.05, 3.63) is 29.1 Å². The van der Waals surface area contributed by atoms with E-state index in [4.69, 9.17) is 0 Å². The maximum atomic E-state index is 4.56. The number of hydrogen-bond acceptors (Lipinski definition) is 1. The summed E-state index contributed by atoms with van der Waals surface area (Å²) < 4.78 is 0. The van der Waals surface area contributed by atoms with E-state index in [9.17, 15) is 0 Å². The summed E-state index contributed by atoms with van der Waals surface area (Å²) in [4.78, 5) is 4.56. The van der Waals surface area contributed by atoms with Gasteiger partial charge in [0.1, 0.15) is 8.07 Å². The van der Waals surface area contributed by atoms with Crippen molar-refractivity contribution >= 4 is 8.07 Å². The van der Waals surface area contributed by atoms with Crippen molar-refractivity contribution in [3.8, 4) is 11.5 Å². The normalized spacial score (nSPS) is 10.8. The molecule has 1 heterocycles. The molecule has 0 aliphatic carbocycles. The molecule has 0 aliphatic rings. The highest BCUT2D eigenvalue weighted by Crippen LogP contribution is 2.07. The second kappa shape index (κ2) is 5.31. The van der Waals surface area contributed by atoms with Crippen LogP contribution in [-0.2, 0) is 12.8 Å². The van der Waals surface area contributed by atoms with Crippen LogP contribution >= 0.6 is 0 Å². The minimum atomic E-state index is -1.28. The Bertz CT molecular complexity index is 396. The van der Waals surface area contributed by atoms with Crippen LogP contribution in [0.3, 0.4) is 0 Å². The lowest BCUT2D eigenvalue weighted by Gasteiger charge is -2.05. The van der Waals surface area contributed by atoms with Gasteiger partial charge in [-0.25, -0.2) is 0 Å². The van der Waals surface area contributed by atoms with Crippen LogP contribution in [0.25, 0.3) is 0 Å². The first-order valence-electron chi connectivity index (χ1n) is 5.97. The molecule has 0 saturated carbocycles. The van der Waals surface area contributed by atoms with Gasteiger partial charge < -0.3 is 0 Å². The van der Waals surface area contributed by atoms with Gasteiger partial charge in [0.25, 0.3) is 0 Å². The topological polar surface area (TPSA) is 12.9 Å². The van der Waals surface area contributed by atoms with Crippen molar-refractivity contribution < 1.29 is 0 Å². The SMILES string of the molecule is CCc1cc(C#C[Si](C)(C)C)cc(CC)n1. The molecular formula is C14H21NSi. The first-order chi connectivity index (χ1) is 7.44. The molecule has 0 fully saturated rings. The van der Waals surface area contributed by atoms with Crippen LogP contribution in [0.5, 0.6) is 0 Å². The van der Waals surface area contributed by atoms with Crippen LogP contribution in [-0.4, -0.2) is 13.1 Å². The Morgan fingerprint density at radius 1 is 1.06 bits per heavy atom. The Balaban J connectivity index is 3.07. The number of pyridine rings is 1. The lowest BCUT2D eigenvalue weighted by atomic mass is 10.1. The van der Waals surface area contributed by atoms with E-state index in [0.29, 0.717) is 0 Å². The molecule has 0 saturated heterocycles. The summed E-state index contributed by atoms with van der Waals surface area (Å²) in [6.07, 6.45) is 1.96. The van der Waals surface area contributed by atoms with Crippen LogP contribution < -0.4 is 0 Å². The zero-order valence-electron chi connectivity index (χ0n) is 11.0. The number of rotatable bonds is 2. The molecule has 1 aromatic heterocycles. The Hall–Kier alpha value is -1.07. The molecule has 0 unspecified atom stereocenters. The number of aromatic nitrogens is 1. The van der Waals surface area contributed by atoms with Crippen molar-refractivity contribution in [1.82, 2.24) is 4.98 Å². The average molecular weight is 231 g/mol. The third kappa shape index (κ3) is 4.20. The Morgan fingerprint density at radius 3 is 1.94 bits per heavy atom. The molecule has 0 radical (unpaired) electrons. The summed E-state index contributed by atoms with van der Waals surface area (Å²) in [7, 11) is -1.28. The molecule has 1 rings (SSSR count). The molecule has 16 heavy (non-hydrogen) atoms. The molecule has 0 bridgehead atoms. The first-order valence-corrected chi connectivity index (χ1v) is 9.47.